The second-order valence-electron chi connectivity index (χ2n) is 4.31. The second-order valence-corrected chi connectivity index (χ2v) is 5.05. The van der Waals surface area contributed by atoms with Gasteiger partial charge in [-0.2, -0.15) is 0 Å². The summed E-state index contributed by atoms with van der Waals surface area (Å²) in [6.45, 7) is 0. The van der Waals surface area contributed by atoms with E-state index in [9.17, 15) is 4.79 Å². The monoisotopic (exact) mass is 317 g/mol. The van der Waals surface area contributed by atoms with Gasteiger partial charge in [0.25, 0.3) is 5.91 Å². The lowest BCUT2D eigenvalue weighted by Crippen LogP contribution is -2.13. The molecule has 0 saturated heterocycles. The van der Waals surface area contributed by atoms with Crippen LogP contribution in [0.3, 0.4) is 0 Å². The Bertz CT molecular complexity index is 836. The van der Waals surface area contributed by atoms with Crippen LogP contribution in [-0.2, 0) is 0 Å². The molecule has 2 aromatic heterocycles. The van der Waals surface area contributed by atoms with Crippen LogP contribution in [0.15, 0.2) is 48.7 Å². The first-order valence-electron chi connectivity index (χ1n) is 6.12. The van der Waals surface area contributed by atoms with Crippen molar-refractivity contribution in [2.45, 2.75) is 0 Å². The summed E-state index contributed by atoms with van der Waals surface area (Å²) in [5.74, 6) is -0.314. The van der Waals surface area contributed by atoms with Gasteiger partial charge in [0.2, 0.25) is 0 Å². The first kappa shape index (κ1) is 13.8. The fraction of sp³-hybridized carbons (Fsp3) is 0. The number of hydrogen-bond acceptors (Lipinski definition) is 3. The maximum atomic E-state index is 12.4. The number of fused-ring (bicyclic) bond motifs is 1. The molecule has 0 spiro atoms. The normalized spacial score (nSPS) is 10.6. The molecule has 1 N–H and O–H groups in total. The number of amides is 1. The Morgan fingerprint density at radius 1 is 1.10 bits per heavy atom. The van der Waals surface area contributed by atoms with Crippen LogP contribution in [0.4, 0.5) is 5.69 Å². The van der Waals surface area contributed by atoms with Crippen molar-refractivity contribution in [3.05, 3.63) is 64.5 Å². The van der Waals surface area contributed by atoms with Gasteiger partial charge >= 0.3 is 0 Å². The molecular formula is C15H9Cl2N3O. The van der Waals surface area contributed by atoms with Crippen molar-refractivity contribution in [2.24, 2.45) is 0 Å². The number of carbonyl (C=O) groups is 1. The molecule has 0 saturated carbocycles. The zero-order chi connectivity index (χ0) is 14.8. The highest BCUT2D eigenvalue weighted by molar-refractivity contribution is 6.33. The standard InChI is InChI=1S/C15H9Cl2N3O/c16-13-8-10(9-4-1-2-5-11(9)19-13)15(21)20-12-6-3-7-18-14(12)17/h1-8H,(H,20,21). The lowest BCUT2D eigenvalue weighted by atomic mass is 10.1. The molecule has 1 amide bonds. The van der Waals surface area contributed by atoms with Crippen molar-refractivity contribution in [1.29, 1.82) is 0 Å². The number of hydrogen-bond donors (Lipinski definition) is 1. The molecule has 0 aliphatic heterocycles. The summed E-state index contributed by atoms with van der Waals surface area (Å²) in [5, 5.41) is 3.94. The molecular weight excluding hydrogens is 309 g/mol. The number of halogens is 2. The summed E-state index contributed by atoms with van der Waals surface area (Å²) in [7, 11) is 0. The number of para-hydroxylation sites is 1. The Morgan fingerprint density at radius 3 is 2.71 bits per heavy atom. The fourth-order valence-electron chi connectivity index (χ4n) is 2.00. The Labute approximate surface area is 130 Å². The molecule has 3 rings (SSSR count). The largest absolute Gasteiger partial charge is 0.319 e. The van der Waals surface area contributed by atoms with Crippen LogP contribution in [0.2, 0.25) is 10.3 Å². The smallest absolute Gasteiger partial charge is 0.256 e. The van der Waals surface area contributed by atoms with Crippen LogP contribution in [0, 0.1) is 0 Å². The zero-order valence-corrected chi connectivity index (χ0v) is 12.2. The van der Waals surface area contributed by atoms with Crippen LogP contribution in [0.1, 0.15) is 10.4 Å². The van der Waals surface area contributed by atoms with Gasteiger partial charge in [0.1, 0.15) is 5.15 Å². The van der Waals surface area contributed by atoms with Gasteiger partial charge in [0.15, 0.2) is 5.15 Å². The minimum atomic E-state index is -0.314. The van der Waals surface area contributed by atoms with Crippen molar-refractivity contribution in [2.75, 3.05) is 5.32 Å². The fourth-order valence-corrected chi connectivity index (χ4v) is 2.37. The van der Waals surface area contributed by atoms with Gasteiger partial charge < -0.3 is 5.32 Å². The SMILES string of the molecule is O=C(Nc1cccnc1Cl)c1cc(Cl)nc2ccccc12. The zero-order valence-electron chi connectivity index (χ0n) is 10.7. The molecule has 2 heterocycles. The van der Waals surface area contributed by atoms with E-state index in [1.807, 2.05) is 18.2 Å². The van der Waals surface area contributed by atoms with Gasteiger partial charge in [-0.3, -0.25) is 4.79 Å². The molecule has 0 bridgehead atoms. The van der Waals surface area contributed by atoms with Crippen LogP contribution in [0.25, 0.3) is 10.9 Å². The van der Waals surface area contributed by atoms with E-state index in [2.05, 4.69) is 15.3 Å². The first-order valence-corrected chi connectivity index (χ1v) is 6.88. The molecule has 0 radical (unpaired) electrons. The molecule has 104 valence electrons. The lowest BCUT2D eigenvalue weighted by Gasteiger charge is -2.09. The maximum absolute atomic E-state index is 12.4. The van der Waals surface area contributed by atoms with Crippen molar-refractivity contribution >= 4 is 45.7 Å². The van der Waals surface area contributed by atoms with E-state index in [1.54, 1.807) is 24.4 Å². The Morgan fingerprint density at radius 2 is 1.90 bits per heavy atom. The molecule has 4 nitrogen and oxygen atoms in total. The lowest BCUT2D eigenvalue weighted by molar-refractivity contribution is 0.102. The van der Waals surface area contributed by atoms with Gasteiger partial charge in [0.05, 0.1) is 16.8 Å². The van der Waals surface area contributed by atoms with E-state index in [4.69, 9.17) is 23.2 Å². The maximum Gasteiger partial charge on any atom is 0.256 e. The van der Waals surface area contributed by atoms with Crippen LogP contribution < -0.4 is 5.32 Å². The van der Waals surface area contributed by atoms with Crippen molar-refractivity contribution in [3.63, 3.8) is 0 Å². The molecule has 0 aliphatic rings. The Balaban J connectivity index is 2.04. The molecule has 21 heavy (non-hydrogen) atoms. The van der Waals surface area contributed by atoms with E-state index in [-0.39, 0.29) is 16.2 Å². The summed E-state index contributed by atoms with van der Waals surface area (Å²) in [5.41, 5.74) is 1.54. The van der Waals surface area contributed by atoms with Crippen molar-refractivity contribution < 1.29 is 4.79 Å². The van der Waals surface area contributed by atoms with Crippen molar-refractivity contribution in [3.8, 4) is 0 Å². The van der Waals surface area contributed by atoms with Gasteiger partial charge in [-0.25, -0.2) is 9.97 Å². The summed E-state index contributed by atoms with van der Waals surface area (Å²) in [6.07, 6.45) is 1.55. The number of nitrogens with zero attached hydrogens (tertiary/aromatic N) is 2. The minimum absolute atomic E-state index is 0.232. The van der Waals surface area contributed by atoms with E-state index < -0.39 is 0 Å². The number of pyridine rings is 2. The van der Waals surface area contributed by atoms with Gasteiger partial charge in [0, 0.05) is 11.6 Å². The second kappa shape index (κ2) is 5.68. The number of benzene rings is 1. The summed E-state index contributed by atoms with van der Waals surface area (Å²) in [4.78, 5) is 20.6. The van der Waals surface area contributed by atoms with E-state index in [1.165, 1.54) is 6.07 Å². The number of aromatic nitrogens is 2. The number of carbonyl (C=O) groups excluding carboxylic acids is 1. The molecule has 0 aliphatic carbocycles. The Kier molecular flexibility index (Phi) is 3.73. The van der Waals surface area contributed by atoms with Gasteiger partial charge in [-0.15, -0.1) is 0 Å². The number of rotatable bonds is 2. The highest BCUT2D eigenvalue weighted by Crippen LogP contribution is 2.23. The predicted octanol–water partition coefficient (Wildman–Crippen LogP) is 4.19. The van der Waals surface area contributed by atoms with E-state index in [0.717, 1.165) is 5.39 Å². The summed E-state index contributed by atoms with van der Waals surface area (Å²) in [6, 6.07) is 12.2. The van der Waals surface area contributed by atoms with Gasteiger partial charge in [-0.1, -0.05) is 41.4 Å². The molecule has 0 atom stereocenters. The van der Waals surface area contributed by atoms with Gasteiger partial charge in [-0.05, 0) is 24.3 Å². The van der Waals surface area contributed by atoms with Crippen LogP contribution in [0.5, 0.6) is 0 Å². The third-order valence-corrected chi connectivity index (χ3v) is 3.43. The van der Waals surface area contributed by atoms with Crippen LogP contribution in [-0.4, -0.2) is 15.9 Å². The van der Waals surface area contributed by atoms with Crippen LogP contribution >= 0.6 is 23.2 Å². The van der Waals surface area contributed by atoms with E-state index in [0.29, 0.717) is 16.8 Å². The first-order chi connectivity index (χ1) is 10.1. The number of anilines is 1. The average molecular weight is 318 g/mol. The predicted molar refractivity (Wildman–Crippen MR) is 84.0 cm³/mol. The summed E-state index contributed by atoms with van der Waals surface area (Å²) >= 11 is 11.9. The third kappa shape index (κ3) is 2.82. The molecule has 1 aromatic carbocycles. The number of nitrogens with one attached hydrogen (secondary N) is 1. The Hall–Kier alpha value is -2.17. The summed E-state index contributed by atoms with van der Waals surface area (Å²) < 4.78 is 0. The molecule has 6 heteroatoms. The molecule has 0 fully saturated rings. The average Bonchev–Trinajstić information content (AvgIpc) is 2.48. The van der Waals surface area contributed by atoms with Crippen molar-refractivity contribution in [1.82, 2.24) is 9.97 Å². The highest BCUT2D eigenvalue weighted by Gasteiger charge is 2.14. The topological polar surface area (TPSA) is 54.9 Å². The van der Waals surface area contributed by atoms with E-state index >= 15 is 0 Å². The highest BCUT2D eigenvalue weighted by atomic mass is 35.5. The molecule has 0 unspecified atom stereocenters. The molecule has 3 aromatic rings. The minimum Gasteiger partial charge on any atom is -0.319 e. The quantitative estimate of drug-likeness (QED) is 0.721. The third-order valence-electron chi connectivity index (χ3n) is 2.94.